The summed E-state index contributed by atoms with van der Waals surface area (Å²) in [7, 11) is 0. The maximum Gasteiger partial charge on any atom is 0.309 e. The molecule has 1 heterocycles. The first-order valence-corrected chi connectivity index (χ1v) is 10.2. The van der Waals surface area contributed by atoms with E-state index >= 15 is 0 Å². The van der Waals surface area contributed by atoms with Crippen LogP contribution in [0.4, 0.5) is 0 Å². The Bertz CT molecular complexity index is 500. The minimum Gasteiger partial charge on any atom is -0.466 e. The van der Waals surface area contributed by atoms with Gasteiger partial charge < -0.3 is 15.0 Å². The summed E-state index contributed by atoms with van der Waals surface area (Å²) in [5.74, 6) is 0.854. The van der Waals surface area contributed by atoms with Crippen LogP contribution in [0, 0.1) is 17.8 Å². The molecule has 26 heavy (non-hydrogen) atoms. The highest BCUT2D eigenvalue weighted by molar-refractivity contribution is 5.84. The van der Waals surface area contributed by atoms with E-state index in [9.17, 15) is 14.4 Å². The average Bonchev–Trinajstić information content (AvgIpc) is 2.64. The summed E-state index contributed by atoms with van der Waals surface area (Å²) in [5, 5.41) is 3.12. The molecular weight excluding hydrogens is 332 g/mol. The summed E-state index contributed by atoms with van der Waals surface area (Å²) in [5.41, 5.74) is 0. The second-order valence-corrected chi connectivity index (χ2v) is 7.85. The maximum absolute atomic E-state index is 12.3. The quantitative estimate of drug-likeness (QED) is 0.733. The Morgan fingerprint density at radius 1 is 1.04 bits per heavy atom. The molecule has 2 rings (SSSR count). The molecule has 6 nitrogen and oxygen atoms in total. The number of likely N-dealkylation sites (tertiary alicyclic amines) is 1. The minimum atomic E-state index is -0.158. The van der Waals surface area contributed by atoms with E-state index in [4.69, 9.17) is 4.74 Å². The van der Waals surface area contributed by atoms with Crippen molar-refractivity contribution in [2.45, 2.75) is 71.8 Å². The predicted molar refractivity (Wildman–Crippen MR) is 99.3 cm³/mol. The molecule has 0 unspecified atom stereocenters. The van der Waals surface area contributed by atoms with Crippen molar-refractivity contribution in [3.05, 3.63) is 0 Å². The Balaban J connectivity index is 1.68. The molecule has 1 aliphatic heterocycles. The third-order valence-corrected chi connectivity index (χ3v) is 6.09. The van der Waals surface area contributed by atoms with E-state index < -0.39 is 0 Å². The Morgan fingerprint density at radius 3 is 2.38 bits per heavy atom. The van der Waals surface area contributed by atoms with E-state index in [2.05, 4.69) is 19.2 Å². The maximum atomic E-state index is 12.3. The number of nitrogens with zero attached hydrogens (tertiary/aromatic N) is 1. The number of amides is 2. The van der Waals surface area contributed by atoms with E-state index in [0.717, 1.165) is 12.8 Å². The van der Waals surface area contributed by atoms with Crippen molar-refractivity contribution in [3.8, 4) is 0 Å². The Labute approximate surface area is 157 Å². The van der Waals surface area contributed by atoms with Crippen LogP contribution in [0.1, 0.15) is 65.7 Å². The SMILES string of the molecule is CCOC(=O)C1CCN(C(=O)CCC(=O)N[C@@H]2CCC[C@@H](C)[C@@H]2C)CC1. The third kappa shape index (κ3) is 5.71. The number of rotatable bonds is 6. The van der Waals surface area contributed by atoms with E-state index in [-0.39, 0.29) is 42.6 Å². The van der Waals surface area contributed by atoms with Crippen LogP contribution in [0.15, 0.2) is 0 Å². The van der Waals surface area contributed by atoms with Crippen molar-refractivity contribution in [1.29, 1.82) is 0 Å². The molecular formula is C20H34N2O4. The van der Waals surface area contributed by atoms with E-state index in [0.29, 0.717) is 44.4 Å². The summed E-state index contributed by atoms with van der Waals surface area (Å²) in [4.78, 5) is 38.1. The zero-order chi connectivity index (χ0) is 19.1. The number of ether oxygens (including phenoxy) is 1. The van der Waals surface area contributed by atoms with Crippen molar-refractivity contribution < 1.29 is 19.1 Å². The highest BCUT2D eigenvalue weighted by atomic mass is 16.5. The summed E-state index contributed by atoms with van der Waals surface area (Å²) in [6.45, 7) is 7.78. The minimum absolute atomic E-state index is 0.00696. The molecule has 0 radical (unpaired) electrons. The molecule has 1 saturated heterocycles. The molecule has 0 aromatic rings. The first kappa shape index (κ1) is 20.7. The second-order valence-electron chi connectivity index (χ2n) is 7.85. The van der Waals surface area contributed by atoms with Gasteiger partial charge in [0.2, 0.25) is 11.8 Å². The number of esters is 1. The lowest BCUT2D eigenvalue weighted by Crippen LogP contribution is -2.44. The van der Waals surface area contributed by atoms with Gasteiger partial charge in [-0.1, -0.05) is 26.7 Å². The Kier molecular flexibility index (Phi) is 7.91. The number of carbonyl (C=O) groups is 3. The van der Waals surface area contributed by atoms with E-state index in [1.165, 1.54) is 6.42 Å². The normalized spacial score (nSPS) is 27.0. The molecule has 0 spiro atoms. The van der Waals surface area contributed by atoms with Crippen molar-refractivity contribution in [3.63, 3.8) is 0 Å². The second kappa shape index (κ2) is 9.93. The van der Waals surface area contributed by atoms with E-state index in [1.54, 1.807) is 11.8 Å². The molecule has 2 amide bonds. The van der Waals surface area contributed by atoms with Gasteiger partial charge in [0, 0.05) is 32.0 Å². The van der Waals surface area contributed by atoms with Crippen LogP contribution in [0.25, 0.3) is 0 Å². The first-order valence-electron chi connectivity index (χ1n) is 10.2. The van der Waals surface area contributed by atoms with Gasteiger partial charge >= 0.3 is 5.97 Å². The van der Waals surface area contributed by atoms with Gasteiger partial charge in [0.1, 0.15) is 0 Å². The van der Waals surface area contributed by atoms with Crippen LogP contribution in [-0.2, 0) is 19.1 Å². The standard InChI is InChI=1S/C20H34N2O4/c1-4-26-20(25)16-10-12-22(13-11-16)19(24)9-8-18(23)21-17-7-5-6-14(2)15(17)3/h14-17H,4-13H2,1-3H3,(H,21,23)/t14-,15+,17-/m1/s1. The molecule has 2 fully saturated rings. The van der Waals surface area contributed by atoms with Crippen molar-refractivity contribution in [2.75, 3.05) is 19.7 Å². The zero-order valence-corrected chi connectivity index (χ0v) is 16.5. The van der Waals surface area contributed by atoms with Crippen LogP contribution < -0.4 is 5.32 Å². The molecule has 0 bridgehead atoms. The fourth-order valence-electron chi connectivity index (χ4n) is 4.07. The lowest BCUT2D eigenvalue weighted by molar-refractivity contribution is -0.151. The van der Waals surface area contributed by atoms with Crippen LogP contribution >= 0.6 is 0 Å². The molecule has 6 heteroatoms. The first-order chi connectivity index (χ1) is 12.4. The predicted octanol–water partition coefficient (Wildman–Crippen LogP) is 2.51. The molecule has 1 aliphatic carbocycles. The number of carbonyl (C=O) groups excluding carboxylic acids is 3. The van der Waals surface area contributed by atoms with Crippen LogP contribution in [-0.4, -0.2) is 48.4 Å². The number of piperidine rings is 1. The molecule has 0 aromatic heterocycles. The van der Waals surface area contributed by atoms with Gasteiger partial charge in [-0.2, -0.15) is 0 Å². The van der Waals surface area contributed by atoms with Gasteiger partial charge in [0.15, 0.2) is 0 Å². The molecule has 148 valence electrons. The molecule has 3 atom stereocenters. The highest BCUT2D eigenvalue weighted by Crippen LogP contribution is 2.29. The number of hydrogen-bond donors (Lipinski definition) is 1. The van der Waals surface area contributed by atoms with Crippen LogP contribution in [0.5, 0.6) is 0 Å². The summed E-state index contributed by atoms with van der Waals surface area (Å²) in [6, 6.07) is 0.238. The van der Waals surface area contributed by atoms with Crippen LogP contribution in [0.2, 0.25) is 0 Å². The summed E-state index contributed by atoms with van der Waals surface area (Å²) in [6.07, 6.45) is 5.20. The summed E-state index contributed by atoms with van der Waals surface area (Å²) >= 11 is 0. The fraction of sp³-hybridized carbons (Fsp3) is 0.850. The van der Waals surface area contributed by atoms with Crippen LogP contribution in [0.3, 0.4) is 0 Å². The topological polar surface area (TPSA) is 75.7 Å². The molecule has 2 aliphatic rings. The lowest BCUT2D eigenvalue weighted by Gasteiger charge is -2.34. The highest BCUT2D eigenvalue weighted by Gasteiger charge is 2.30. The summed E-state index contributed by atoms with van der Waals surface area (Å²) < 4.78 is 5.05. The van der Waals surface area contributed by atoms with Gasteiger partial charge in [-0.15, -0.1) is 0 Å². The van der Waals surface area contributed by atoms with Crippen molar-refractivity contribution >= 4 is 17.8 Å². The lowest BCUT2D eigenvalue weighted by atomic mass is 9.78. The number of nitrogens with one attached hydrogen (secondary N) is 1. The smallest absolute Gasteiger partial charge is 0.309 e. The molecule has 1 saturated carbocycles. The van der Waals surface area contributed by atoms with Gasteiger partial charge in [0.25, 0.3) is 0 Å². The Hall–Kier alpha value is -1.59. The van der Waals surface area contributed by atoms with Gasteiger partial charge in [-0.05, 0) is 38.0 Å². The zero-order valence-electron chi connectivity index (χ0n) is 16.5. The average molecular weight is 367 g/mol. The number of hydrogen-bond acceptors (Lipinski definition) is 4. The monoisotopic (exact) mass is 366 g/mol. The van der Waals surface area contributed by atoms with Gasteiger partial charge in [-0.3, -0.25) is 14.4 Å². The van der Waals surface area contributed by atoms with E-state index in [1.807, 2.05) is 0 Å². The van der Waals surface area contributed by atoms with Crippen molar-refractivity contribution in [2.24, 2.45) is 17.8 Å². The third-order valence-electron chi connectivity index (χ3n) is 6.09. The molecule has 1 N–H and O–H groups in total. The Morgan fingerprint density at radius 2 is 1.73 bits per heavy atom. The van der Waals surface area contributed by atoms with Gasteiger partial charge in [-0.25, -0.2) is 0 Å². The van der Waals surface area contributed by atoms with Gasteiger partial charge in [0.05, 0.1) is 12.5 Å². The van der Waals surface area contributed by atoms with Crippen molar-refractivity contribution in [1.82, 2.24) is 10.2 Å². The fourth-order valence-corrected chi connectivity index (χ4v) is 4.07. The molecule has 0 aromatic carbocycles. The largest absolute Gasteiger partial charge is 0.466 e.